The number of thioether (sulfide) groups is 1. The van der Waals surface area contributed by atoms with Crippen molar-refractivity contribution in [3.8, 4) is 0 Å². The van der Waals surface area contributed by atoms with Crippen LogP contribution in [0.15, 0.2) is 24.3 Å². The predicted octanol–water partition coefficient (Wildman–Crippen LogP) is 2.88. The van der Waals surface area contributed by atoms with Crippen molar-refractivity contribution in [1.29, 1.82) is 0 Å². The second-order valence-corrected chi connectivity index (χ2v) is 6.04. The number of anilines is 1. The second-order valence-electron chi connectivity index (χ2n) is 4.81. The van der Waals surface area contributed by atoms with Crippen molar-refractivity contribution < 1.29 is 4.79 Å². The molecule has 104 valence electrons. The fourth-order valence-corrected chi connectivity index (χ4v) is 3.36. The van der Waals surface area contributed by atoms with Gasteiger partial charge < -0.3 is 10.6 Å². The van der Waals surface area contributed by atoms with E-state index >= 15 is 0 Å². The molecule has 1 heterocycles. The van der Waals surface area contributed by atoms with Crippen molar-refractivity contribution in [3.05, 3.63) is 29.8 Å². The third kappa shape index (κ3) is 4.25. The van der Waals surface area contributed by atoms with Gasteiger partial charge in [-0.3, -0.25) is 4.79 Å². The zero-order chi connectivity index (χ0) is 13.5. The maximum absolute atomic E-state index is 12.3. The van der Waals surface area contributed by atoms with Crippen LogP contribution in [-0.4, -0.2) is 24.0 Å². The summed E-state index contributed by atoms with van der Waals surface area (Å²) in [5.41, 5.74) is 2.11. The molecule has 0 aromatic heterocycles. The fraction of sp³-hybridized carbons (Fsp3) is 0.533. The number of rotatable bonds is 5. The predicted molar refractivity (Wildman–Crippen MR) is 82.5 cm³/mol. The molecule has 0 radical (unpaired) electrons. The highest BCUT2D eigenvalue weighted by Crippen LogP contribution is 2.24. The second kappa shape index (κ2) is 7.56. The first-order valence-corrected chi connectivity index (χ1v) is 8.14. The third-order valence-corrected chi connectivity index (χ3v) is 4.48. The Labute approximate surface area is 119 Å². The molecule has 1 fully saturated rings. The molecule has 0 saturated carbocycles. The molecule has 2 rings (SSSR count). The van der Waals surface area contributed by atoms with Gasteiger partial charge in [-0.2, -0.15) is 11.8 Å². The number of hydrogen-bond acceptors (Lipinski definition) is 3. The molecule has 1 aromatic carbocycles. The highest BCUT2D eigenvalue weighted by atomic mass is 32.2. The molecule has 0 bridgehead atoms. The fourth-order valence-electron chi connectivity index (χ4n) is 2.25. The van der Waals surface area contributed by atoms with E-state index in [1.54, 1.807) is 0 Å². The Morgan fingerprint density at radius 1 is 1.32 bits per heavy atom. The Morgan fingerprint density at radius 2 is 2.05 bits per heavy atom. The maximum atomic E-state index is 12.3. The van der Waals surface area contributed by atoms with E-state index in [1.807, 2.05) is 30.0 Å². The zero-order valence-corrected chi connectivity index (χ0v) is 12.3. The van der Waals surface area contributed by atoms with Crippen molar-refractivity contribution in [2.45, 2.75) is 26.3 Å². The van der Waals surface area contributed by atoms with Gasteiger partial charge in [0.15, 0.2) is 0 Å². The first-order chi connectivity index (χ1) is 9.31. The van der Waals surface area contributed by atoms with Crippen molar-refractivity contribution in [2.75, 3.05) is 23.4 Å². The molecular formula is C15H22N2OS. The number of amides is 1. The number of carbonyl (C=O) groups is 1. The lowest BCUT2D eigenvalue weighted by Gasteiger charge is -2.21. The lowest BCUT2D eigenvalue weighted by atomic mass is 10.0. The normalized spacial score (nSPS) is 16.3. The first kappa shape index (κ1) is 14.4. The quantitative estimate of drug-likeness (QED) is 0.870. The van der Waals surface area contributed by atoms with Crippen LogP contribution in [0.4, 0.5) is 5.69 Å². The number of benzene rings is 1. The van der Waals surface area contributed by atoms with Gasteiger partial charge in [0.25, 0.3) is 0 Å². The van der Waals surface area contributed by atoms with Crippen molar-refractivity contribution in [3.63, 3.8) is 0 Å². The molecule has 4 heteroatoms. The van der Waals surface area contributed by atoms with E-state index in [0.29, 0.717) is 0 Å². The molecule has 19 heavy (non-hydrogen) atoms. The Hall–Kier alpha value is -1.000. The van der Waals surface area contributed by atoms with Gasteiger partial charge in [0.1, 0.15) is 0 Å². The molecule has 1 aromatic rings. The highest BCUT2D eigenvalue weighted by molar-refractivity contribution is 7.99. The smallest absolute Gasteiger partial charge is 0.227 e. The summed E-state index contributed by atoms with van der Waals surface area (Å²) in [6.45, 7) is 3.82. The largest absolute Gasteiger partial charge is 0.326 e. The maximum Gasteiger partial charge on any atom is 0.227 e. The van der Waals surface area contributed by atoms with E-state index in [2.05, 4.69) is 23.6 Å². The molecule has 0 atom stereocenters. The molecule has 1 aliphatic heterocycles. The van der Waals surface area contributed by atoms with Crippen LogP contribution in [0.25, 0.3) is 0 Å². The highest BCUT2D eigenvalue weighted by Gasteiger charge is 2.21. The van der Waals surface area contributed by atoms with Gasteiger partial charge >= 0.3 is 0 Å². The summed E-state index contributed by atoms with van der Waals surface area (Å²) in [5.74, 6) is 2.59. The number of hydrogen-bond donors (Lipinski definition) is 2. The molecule has 1 saturated heterocycles. The monoisotopic (exact) mass is 278 g/mol. The Balaban J connectivity index is 1.99. The van der Waals surface area contributed by atoms with Crippen molar-refractivity contribution in [1.82, 2.24) is 5.32 Å². The van der Waals surface area contributed by atoms with Crippen LogP contribution in [0.2, 0.25) is 0 Å². The minimum absolute atomic E-state index is 0.184. The SMILES string of the molecule is CCNCc1ccccc1NC(=O)C1CCSCC1. The van der Waals surface area contributed by atoms with Gasteiger partial charge in [0.2, 0.25) is 5.91 Å². The van der Waals surface area contributed by atoms with E-state index in [0.717, 1.165) is 48.7 Å². The molecule has 3 nitrogen and oxygen atoms in total. The number of para-hydroxylation sites is 1. The number of carbonyl (C=O) groups excluding carboxylic acids is 1. The topological polar surface area (TPSA) is 41.1 Å². The van der Waals surface area contributed by atoms with Crippen molar-refractivity contribution >= 4 is 23.4 Å². The molecule has 2 N–H and O–H groups in total. The van der Waals surface area contributed by atoms with Crippen LogP contribution < -0.4 is 10.6 Å². The van der Waals surface area contributed by atoms with Crippen LogP contribution in [0.1, 0.15) is 25.3 Å². The summed E-state index contributed by atoms with van der Waals surface area (Å²) < 4.78 is 0. The van der Waals surface area contributed by atoms with Crippen LogP contribution in [0, 0.1) is 5.92 Å². The molecule has 0 spiro atoms. The van der Waals surface area contributed by atoms with Crippen LogP contribution >= 0.6 is 11.8 Å². The Morgan fingerprint density at radius 3 is 2.79 bits per heavy atom. The van der Waals surface area contributed by atoms with Gasteiger partial charge in [-0.1, -0.05) is 25.1 Å². The minimum atomic E-state index is 0.184. The van der Waals surface area contributed by atoms with Gasteiger partial charge in [0, 0.05) is 18.2 Å². The van der Waals surface area contributed by atoms with Crippen molar-refractivity contribution in [2.24, 2.45) is 5.92 Å². The molecule has 1 amide bonds. The van der Waals surface area contributed by atoms with E-state index in [4.69, 9.17) is 0 Å². The Kier molecular flexibility index (Phi) is 5.73. The summed E-state index contributed by atoms with van der Waals surface area (Å²) in [7, 11) is 0. The van der Waals surface area contributed by atoms with E-state index < -0.39 is 0 Å². The summed E-state index contributed by atoms with van der Waals surface area (Å²) in [6.07, 6.45) is 2.01. The van der Waals surface area contributed by atoms with Crippen LogP contribution in [0.3, 0.4) is 0 Å². The number of nitrogens with one attached hydrogen (secondary N) is 2. The summed E-state index contributed by atoms with van der Waals surface area (Å²) in [4.78, 5) is 12.3. The Bertz CT molecular complexity index is 416. The molecular weight excluding hydrogens is 256 g/mol. The van der Waals surface area contributed by atoms with Gasteiger partial charge in [-0.15, -0.1) is 0 Å². The van der Waals surface area contributed by atoms with Gasteiger partial charge in [-0.05, 0) is 42.5 Å². The zero-order valence-electron chi connectivity index (χ0n) is 11.4. The third-order valence-electron chi connectivity index (χ3n) is 3.43. The van der Waals surface area contributed by atoms with E-state index in [9.17, 15) is 4.79 Å². The summed E-state index contributed by atoms with van der Waals surface area (Å²) in [6, 6.07) is 8.04. The summed E-state index contributed by atoms with van der Waals surface area (Å²) >= 11 is 1.95. The minimum Gasteiger partial charge on any atom is -0.326 e. The van der Waals surface area contributed by atoms with Crippen LogP contribution in [-0.2, 0) is 11.3 Å². The lowest BCUT2D eigenvalue weighted by Crippen LogP contribution is -2.27. The average molecular weight is 278 g/mol. The van der Waals surface area contributed by atoms with E-state index in [-0.39, 0.29) is 11.8 Å². The molecule has 0 aliphatic carbocycles. The molecule has 0 unspecified atom stereocenters. The molecule has 1 aliphatic rings. The lowest BCUT2D eigenvalue weighted by molar-refractivity contribution is -0.120. The summed E-state index contributed by atoms with van der Waals surface area (Å²) in [5, 5.41) is 6.40. The van der Waals surface area contributed by atoms with Crippen LogP contribution in [0.5, 0.6) is 0 Å². The standard InChI is InChI=1S/C15H22N2OS/c1-2-16-11-13-5-3-4-6-14(13)17-15(18)12-7-9-19-10-8-12/h3-6,12,16H,2,7-11H2,1H3,(H,17,18). The van der Waals surface area contributed by atoms with Gasteiger partial charge in [0.05, 0.1) is 0 Å². The first-order valence-electron chi connectivity index (χ1n) is 6.98. The average Bonchev–Trinajstić information content (AvgIpc) is 2.47. The van der Waals surface area contributed by atoms with E-state index in [1.165, 1.54) is 0 Å². The van der Waals surface area contributed by atoms with Gasteiger partial charge in [-0.25, -0.2) is 0 Å².